The van der Waals surface area contributed by atoms with Gasteiger partial charge in [-0.15, -0.1) is 0 Å². The number of nitrogens with zero attached hydrogens (tertiary/aromatic N) is 1. The van der Waals surface area contributed by atoms with Gasteiger partial charge in [-0.1, -0.05) is 32.4 Å². The normalized spacial score (nSPS) is 17.4. The third kappa shape index (κ3) is 7.09. The summed E-state index contributed by atoms with van der Waals surface area (Å²) in [5, 5.41) is 9.09. The summed E-state index contributed by atoms with van der Waals surface area (Å²) >= 11 is 0. The van der Waals surface area contributed by atoms with E-state index in [2.05, 4.69) is 24.8 Å². The summed E-state index contributed by atoms with van der Waals surface area (Å²) in [7, 11) is 0. The first-order valence-corrected chi connectivity index (χ1v) is 8.12. The van der Waals surface area contributed by atoms with Gasteiger partial charge < -0.3 is 10.0 Å². The maximum atomic E-state index is 11.0. The highest BCUT2D eigenvalue weighted by Crippen LogP contribution is 2.20. The Kier molecular flexibility index (Phi) is 7.90. The van der Waals surface area contributed by atoms with E-state index in [0.29, 0.717) is 12.5 Å². The van der Waals surface area contributed by atoms with Crippen molar-refractivity contribution in [3.8, 4) is 0 Å². The SMILES string of the molecule is CC(C)CCN(CCC1=CCCCC1)CC(C)C(=O)O. The minimum Gasteiger partial charge on any atom is -0.481 e. The predicted molar refractivity (Wildman–Crippen MR) is 83.9 cm³/mol. The fraction of sp³-hybridized carbons (Fsp3) is 0.824. The van der Waals surface area contributed by atoms with Crippen LogP contribution in [0.3, 0.4) is 0 Å². The van der Waals surface area contributed by atoms with Crippen LogP contribution < -0.4 is 0 Å². The summed E-state index contributed by atoms with van der Waals surface area (Å²) in [6, 6.07) is 0. The number of carboxylic acids is 1. The highest BCUT2D eigenvalue weighted by atomic mass is 16.4. The van der Waals surface area contributed by atoms with Crippen LogP contribution in [-0.4, -0.2) is 35.6 Å². The number of hydrogen-bond acceptors (Lipinski definition) is 2. The zero-order chi connectivity index (χ0) is 15.0. The van der Waals surface area contributed by atoms with Gasteiger partial charge in [0, 0.05) is 13.1 Å². The number of allylic oxidation sites excluding steroid dienone is 1. The topological polar surface area (TPSA) is 40.5 Å². The monoisotopic (exact) mass is 281 g/mol. The Hall–Kier alpha value is -0.830. The van der Waals surface area contributed by atoms with Crippen LogP contribution in [-0.2, 0) is 4.79 Å². The lowest BCUT2D eigenvalue weighted by Crippen LogP contribution is -2.34. The van der Waals surface area contributed by atoms with Gasteiger partial charge in [-0.2, -0.15) is 0 Å². The smallest absolute Gasteiger partial charge is 0.307 e. The van der Waals surface area contributed by atoms with E-state index < -0.39 is 5.97 Å². The number of rotatable bonds is 9. The molecule has 1 unspecified atom stereocenters. The van der Waals surface area contributed by atoms with Gasteiger partial charge >= 0.3 is 5.97 Å². The number of aliphatic carboxylic acids is 1. The predicted octanol–water partition coefficient (Wildman–Crippen LogP) is 3.95. The summed E-state index contributed by atoms with van der Waals surface area (Å²) in [5.41, 5.74) is 1.58. The molecule has 0 amide bonds. The molecule has 3 heteroatoms. The van der Waals surface area contributed by atoms with Crippen LogP contribution in [0.1, 0.15) is 59.3 Å². The van der Waals surface area contributed by atoms with Crippen molar-refractivity contribution in [3.05, 3.63) is 11.6 Å². The maximum absolute atomic E-state index is 11.0. The molecule has 20 heavy (non-hydrogen) atoms. The van der Waals surface area contributed by atoms with Crippen molar-refractivity contribution in [1.29, 1.82) is 0 Å². The first-order valence-electron chi connectivity index (χ1n) is 8.12. The molecule has 0 radical (unpaired) electrons. The molecule has 0 heterocycles. The largest absolute Gasteiger partial charge is 0.481 e. The van der Waals surface area contributed by atoms with Gasteiger partial charge in [-0.25, -0.2) is 0 Å². The van der Waals surface area contributed by atoms with Crippen LogP contribution in [0.5, 0.6) is 0 Å². The number of carbonyl (C=O) groups is 1. The van der Waals surface area contributed by atoms with Gasteiger partial charge in [0.2, 0.25) is 0 Å². The van der Waals surface area contributed by atoms with E-state index >= 15 is 0 Å². The quantitative estimate of drug-likeness (QED) is 0.651. The van der Waals surface area contributed by atoms with E-state index in [1.54, 1.807) is 5.57 Å². The van der Waals surface area contributed by atoms with Crippen molar-refractivity contribution < 1.29 is 9.90 Å². The van der Waals surface area contributed by atoms with E-state index in [9.17, 15) is 4.79 Å². The fourth-order valence-electron chi connectivity index (χ4n) is 2.63. The van der Waals surface area contributed by atoms with Crippen LogP contribution >= 0.6 is 0 Å². The van der Waals surface area contributed by atoms with Crippen LogP contribution in [0, 0.1) is 11.8 Å². The van der Waals surface area contributed by atoms with Gasteiger partial charge in [0.25, 0.3) is 0 Å². The molecule has 0 spiro atoms. The standard InChI is InChI=1S/C17H31NO2/c1-14(2)9-11-18(13-15(3)17(19)20)12-10-16-7-5-4-6-8-16/h7,14-15H,4-6,8-13H2,1-3H3,(H,19,20). The second-order valence-electron chi connectivity index (χ2n) is 6.58. The van der Waals surface area contributed by atoms with Crippen LogP contribution in [0.15, 0.2) is 11.6 Å². The molecule has 0 fully saturated rings. The summed E-state index contributed by atoms with van der Waals surface area (Å²) in [5.74, 6) is -0.287. The first-order chi connectivity index (χ1) is 9.49. The lowest BCUT2D eigenvalue weighted by Gasteiger charge is -2.26. The molecule has 0 bridgehead atoms. The Morgan fingerprint density at radius 3 is 2.60 bits per heavy atom. The van der Waals surface area contributed by atoms with Crippen molar-refractivity contribution in [2.75, 3.05) is 19.6 Å². The van der Waals surface area contributed by atoms with Crippen molar-refractivity contribution >= 4 is 5.97 Å². The van der Waals surface area contributed by atoms with E-state index in [-0.39, 0.29) is 5.92 Å². The Bertz CT molecular complexity index is 323. The Labute approximate surface area is 124 Å². The fourth-order valence-corrected chi connectivity index (χ4v) is 2.63. The second-order valence-corrected chi connectivity index (χ2v) is 6.58. The Morgan fingerprint density at radius 1 is 1.30 bits per heavy atom. The van der Waals surface area contributed by atoms with E-state index in [1.165, 1.54) is 25.7 Å². The van der Waals surface area contributed by atoms with Gasteiger partial charge in [0.15, 0.2) is 0 Å². The molecule has 1 rings (SSSR count). The molecule has 0 aliphatic heterocycles. The average Bonchev–Trinajstić information content (AvgIpc) is 2.42. The molecule has 0 aromatic heterocycles. The van der Waals surface area contributed by atoms with Crippen LogP contribution in [0.4, 0.5) is 0 Å². The lowest BCUT2D eigenvalue weighted by molar-refractivity contribution is -0.141. The first kappa shape index (κ1) is 17.2. The number of carboxylic acid groups (broad SMARTS) is 1. The zero-order valence-corrected chi connectivity index (χ0v) is 13.4. The van der Waals surface area contributed by atoms with Gasteiger partial charge in [-0.05, 0) is 51.0 Å². The molecule has 0 aromatic carbocycles. The molecule has 0 saturated heterocycles. The Morgan fingerprint density at radius 2 is 2.05 bits per heavy atom. The average molecular weight is 281 g/mol. The summed E-state index contributed by atoms with van der Waals surface area (Å²) in [6.07, 6.45) is 9.78. The van der Waals surface area contributed by atoms with E-state index in [1.807, 2.05) is 6.92 Å². The summed E-state index contributed by atoms with van der Waals surface area (Å²) < 4.78 is 0. The van der Waals surface area contributed by atoms with Gasteiger partial charge in [-0.3, -0.25) is 4.79 Å². The molecule has 1 N–H and O–H groups in total. The van der Waals surface area contributed by atoms with Crippen molar-refractivity contribution in [1.82, 2.24) is 4.90 Å². The molecule has 116 valence electrons. The molecular weight excluding hydrogens is 250 g/mol. The maximum Gasteiger partial charge on any atom is 0.307 e. The van der Waals surface area contributed by atoms with Crippen LogP contribution in [0.2, 0.25) is 0 Å². The van der Waals surface area contributed by atoms with E-state index in [0.717, 1.165) is 25.9 Å². The lowest BCUT2D eigenvalue weighted by atomic mass is 9.97. The van der Waals surface area contributed by atoms with E-state index in [4.69, 9.17) is 5.11 Å². The molecular formula is C17H31NO2. The minimum atomic E-state index is -0.684. The van der Waals surface area contributed by atoms with Crippen molar-refractivity contribution in [3.63, 3.8) is 0 Å². The molecule has 1 atom stereocenters. The third-order valence-electron chi connectivity index (χ3n) is 4.11. The zero-order valence-electron chi connectivity index (χ0n) is 13.4. The van der Waals surface area contributed by atoms with Crippen molar-refractivity contribution in [2.24, 2.45) is 11.8 Å². The molecule has 3 nitrogen and oxygen atoms in total. The number of hydrogen-bond donors (Lipinski definition) is 1. The molecule has 1 aliphatic rings. The summed E-state index contributed by atoms with van der Waals surface area (Å²) in [4.78, 5) is 13.4. The molecule has 0 saturated carbocycles. The molecule has 1 aliphatic carbocycles. The Balaban J connectivity index is 2.43. The second kappa shape index (κ2) is 9.17. The highest BCUT2D eigenvalue weighted by molar-refractivity contribution is 5.69. The minimum absolute atomic E-state index is 0.275. The summed E-state index contributed by atoms with van der Waals surface area (Å²) in [6.45, 7) is 8.96. The van der Waals surface area contributed by atoms with Gasteiger partial charge in [0.1, 0.15) is 0 Å². The third-order valence-corrected chi connectivity index (χ3v) is 4.11. The molecule has 0 aromatic rings. The van der Waals surface area contributed by atoms with Crippen LogP contribution in [0.25, 0.3) is 0 Å². The van der Waals surface area contributed by atoms with Gasteiger partial charge in [0.05, 0.1) is 5.92 Å². The highest BCUT2D eigenvalue weighted by Gasteiger charge is 2.16. The van der Waals surface area contributed by atoms with Crippen molar-refractivity contribution in [2.45, 2.75) is 59.3 Å².